The highest BCUT2D eigenvalue weighted by atomic mass is 14.7. The molecule has 0 spiro atoms. The van der Waals surface area contributed by atoms with Gasteiger partial charge in [0.05, 0.1) is 11.4 Å². The number of nitrogen functional groups attached to an aromatic ring is 2. The quantitative estimate of drug-likeness (QED) is 0.712. The fraction of sp³-hybridized carbons (Fsp3) is 0.571. The van der Waals surface area contributed by atoms with Crippen molar-refractivity contribution in [2.75, 3.05) is 11.5 Å². The fourth-order valence-corrected chi connectivity index (χ4v) is 2.71. The van der Waals surface area contributed by atoms with Crippen LogP contribution in [0.25, 0.3) is 0 Å². The zero-order chi connectivity index (χ0) is 11.9. The second kappa shape index (κ2) is 4.00. The van der Waals surface area contributed by atoms with Gasteiger partial charge in [0.15, 0.2) is 0 Å². The van der Waals surface area contributed by atoms with Gasteiger partial charge in [-0.1, -0.05) is 19.9 Å². The molecule has 0 aliphatic heterocycles. The molecular weight excluding hydrogens is 196 g/mol. The van der Waals surface area contributed by atoms with E-state index in [1.165, 1.54) is 17.5 Å². The molecule has 2 heteroatoms. The normalized spacial score (nSPS) is 19.9. The zero-order valence-electron chi connectivity index (χ0n) is 10.5. The molecule has 1 atom stereocenters. The fourth-order valence-electron chi connectivity index (χ4n) is 2.71. The van der Waals surface area contributed by atoms with E-state index in [9.17, 15) is 0 Å². The highest BCUT2D eigenvalue weighted by molar-refractivity contribution is 5.73. The number of fused-ring (bicyclic) bond motifs is 1. The minimum Gasteiger partial charge on any atom is -0.397 e. The number of anilines is 2. The topological polar surface area (TPSA) is 52.0 Å². The van der Waals surface area contributed by atoms with Gasteiger partial charge in [0.2, 0.25) is 0 Å². The van der Waals surface area contributed by atoms with Gasteiger partial charge in [0.25, 0.3) is 0 Å². The van der Waals surface area contributed by atoms with Gasteiger partial charge in [0, 0.05) is 0 Å². The Labute approximate surface area is 98.0 Å². The minimum absolute atomic E-state index is 0.732. The summed E-state index contributed by atoms with van der Waals surface area (Å²) in [6, 6.07) is 2.22. The van der Waals surface area contributed by atoms with Crippen molar-refractivity contribution in [2.45, 2.75) is 40.0 Å². The van der Waals surface area contributed by atoms with Crippen molar-refractivity contribution in [3.63, 3.8) is 0 Å². The molecule has 1 aliphatic carbocycles. The molecule has 1 unspecified atom stereocenters. The maximum absolute atomic E-state index is 6.14. The van der Waals surface area contributed by atoms with Crippen LogP contribution < -0.4 is 11.5 Å². The Hall–Kier alpha value is -1.18. The van der Waals surface area contributed by atoms with E-state index in [1.54, 1.807) is 0 Å². The standard InChI is InChI=1S/C14H22N2/c1-8(2)10-4-5-11-6-9(3)13(15)14(16)12(11)7-10/h6,8,10H,4-5,7,15-16H2,1-3H3. The second-order valence-electron chi connectivity index (χ2n) is 5.41. The first-order valence-electron chi connectivity index (χ1n) is 6.17. The SMILES string of the molecule is Cc1cc2c(c(N)c1N)CC(C(C)C)CC2. The lowest BCUT2D eigenvalue weighted by atomic mass is 9.77. The maximum atomic E-state index is 6.14. The highest BCUT2D eigenvalue weighted by Gasteiger charge is 2.24. The van der Waals surface area contributed by atoms with Gasteiger partial charge in [0.1, 0.15) is 0 Å². The van der Waals surface area contributed by atoms with Crippen LogP contribution in [0.2, 0.25) is 0 Å². The third-order valence-electron chi connectivity index (χ3n) is 4.01. The molecule has 0 saturated heterocycles. The van der Waals surface area contributed by atoms with Crippen LogP contribution in [0.1, 0.15) is 37.0 Å². The Morgan fingerprint density at radius 3 is 2.56 bits per heavy atom. The third-order valence-corrected chi connectivity index (χ3v) is 4.01. The van der Waals surface area contributed by atoms with Crippen molar-refractivity contribution in [2.24, 2.45) is 11.8 Å². The lowest BCUT2D eigenvalue weighted by Crippen LogP contribution is -2.21. The summed E-state index contributed by atoms with van der Waals surface area (Å²) < 4.78 is 0. The summed E-state index contributed by atoms with van der Waals surface area (Å²) >= 11 is 0. The Bertz CT molecular complexity index is 408. The van der Waals surface area contributed by atoms with Gasteiger partial charge >= 0.3 is 0 Å². The van der Waals surface area contributed by atoms with Crippen LogP contribution >= 0.6 is 0 Å². The number of benzene rings is 1. The van der Waals surface area contributed by atoms with Gasteiger partial charge in [-0.05, 0) is 54.7 Å². The number of hydrogen-bond acceptors (Lipinski definition) is 2. The molecule has 4 N–H and O–H groups in total. The van der Waals surface area contributed by atoms with Crippen LogP contribution in [0.3, 0.4) is 0 Å². The molecule has 88 valence electrons. The molecule has 1 aromatic carbocycles. The number of aryl methyl sites for hydroxylation is 2. The van der Waals surface area contributed by atoms with E-state index in [0.29, 0.717) is 0 Å². The molecule has 0 bridgehead atoms. The Morgan fingerprint density at radius 1 is 1.25 bits per heavy atom. The average Bonchev–Trinajstić information content (AvgIpc) is 2.25. The van der Waals surface area contributed by atoms with Crippen molar-refractivity contribution in [1.29, 1.82) is 0 Å². The Morgan fingerprint density at radius 2 is 1.94 bits per heavy atom. The summed E-state index contributed by atoms with van der Waals surface area (Å²) in [6.07, 6.45) is 3.54. The van der Waals surface area contributed by atoms with E-state index in [0.717, 1.165) is 41.6 Å². The lowest BCUT2D eigenvalue weighted by molar-refractivity contribution is 0.343. The monoisotopic (exact) mass is 218 g/mol. The van der Waals surface area contributed by atoms with Gasteiger partial charge in [-0.15, -0.1) is 0 Å². The molecule has 0 fully saturated rings. The molecule has 0 aromatic heterocycles. The zero-order valence-corrected chi connectivity index (χ0v) is 10.5. The van der Waals surface area contributed by atoms with E-state index in [-0.39, 0.29) is 0 Å². The first-order chi connectivity index (χ1) is 7.50. The molecule has 2 rings (SSSR count). The molecule has 2 nitrogen and oxygen atoms in total. The highest BCUT2D eigenvalue weighted by Crippen LogP contribution is 2.37. The molecular formula is C14H22N2. The molecule has 1 aliphatic rings. The van der Waals surface area contributed by atoms with Crippen molar-refractivity contribution in [3.8, 4) is 0 Å². The first-order valence-corrected chi connectivity index (χ1v) is 6.17. The van der Waals surface area contributed by atoms with Crippen LogP contribution in [-0.4, -0.2) is 0 Å². The Kier molecular flexibility index (Phi) is 2.83. The van der Waals surface area contributed by atoms with E-state index >= 15 is 0 Å². The van der Waals surface area contributed by atoms with E-state index in [2.05, 4.69) is 19.9 Å². The summed E-state index contributed by atoms with van der Waals surface area (Å²) in [4.78, 5) is 0. The van der Waals surface area contributed by atoms with E-state index < -0.39 is 0 Å². The van der Waals surface area contributed by atoms with Crippen molar-refractivity contribution < 1.29 is 0 Å². The molecule has 0 saturated carbocycles. The van der Waals surface area contributed by atoms with E-state index in [4.69, 9.17) is 11.5 Å². The summed E-state index contributed by atoms with van der Waals surface area (Å²) in [5.74, 6) is 1.49. The molecule has 0 amide bonds. The van der Waals surface area contributed by atoms with Crippen molar-refractivity contribution in [1.82, 2.24) is 0 Å². The predicted octanol–water partition coefficient (Wildman–Crippen LogP) is 2.92. The molecule has 0 heterocycles. The van der Waals surface area contributed by atoms with Crippen molar-refractivity contribution in [3.05, 3.63) is 22.8 Å². The van der Waals surface area contributed by atoms with Gasteiger partial charge in [-0.3, -0.25) is 0 Å². The van der Waals surface area contributed by atoms with Crippen LogP contribution in [0.15, 0.2) is 6.07 Å². The van der Waals surface area contributed by atoms with Crippen LogP contribution in [0.4, 0.5) is 11.4 Å². The summed E-state index contributed by atoms with van der Waals surface area (Å²) in [7, 11) is 0. The number of nitrogens with two attached hydrogens (primary N) is 2. The van der Waals surface area contributed by atoms with Gasteiger partial charge in [-0.2, -0.15) is 0 Å². The summed E-state index contributed by atoms with van der Waals surface area (Å²) in [6.45, 7) is 6.63. The van der Waals surface area contributed by atoms with Crippen LogP contribution in [-0.2, 0) is 12.8 Å². The maximum Gasteiger partial charge on any atom is 0.0585 e. The summed E-state index contributed by atoms with van der Waals surface area (Å²) in [5.41, 5.74) is 17.6. The van der Waals surface area contributed by atoms with Crippen molar-refractivity contribution >= 4 is 11.4 Å². The first kappa shape index (κ1) is 11.3. The number of rotatable bonds is 1. The third kappa shape index (κ3) is 1.77. The Balaban J connectivity index is 2.41. The van der Waals surface area contributed by atoms with Gasteiger partial charge < -0.3 is 11.5 Å². The largest absolute Gasteiger partial charge is 0.397 e. The van der Waals surface area contributed by atoms with Crippen LogP contribution in [0, 0.1) is 18.8 Å². The predicted molar refractivity (Wildman–Crippen MR) is 70.4 cm³/mol. The lowest BCUT2D eigenvalue weighted by Gasteiger charge is -2.29. The molecule has 16 heavy (non-hydrogen) atoms. The second-order valence-corrected chi connectivity index (χ2v) is 5.41. The average molecular weight is 218 g/mol. The number of hydrogen-bond donors (Lipinski definition) is 2. The minimum atomic E-state index is 0.732. The smallest absolute Gasteiger partial charge is 0.0585 e. The summed E-state index contributed by atoms with van der Waals surface area (Å²) in [5, 5.41) is 0. The molecule has 1 aromatic rings. The van der Waals surface area contributed by atoms with Gasteiger partial charge in [-0.25, -0.2) is 0 Å². The van der Waals surface area contributed by atoms with Crippen LogP contribution in [0.5, 0.6) is 0 Å². The van der Waals surface area contributed by atoms with E-state index in [1.807, 2.05) is 6.92 Å². The molecule has 0 radical (unpaired) electrons.